The average molecular weight is 170 g/mol. The lowest BCUT2D eigenvalue weighted by atomic mass is 10.2. The van der Waals surface area contributed by atoms with Gasteiger partial charge in [-0.3, -0.25) is 0 Å². The first-order valence-corrected chi connectivity index (χ1v) is 3.37. The molecule has 2 N–H and O–H groups in total. The molecule has 10 heavy (non-hydrogen) atoms. The van der Waals surface area contributed by atoms with Gasteiger partial charge in [0.2, 0.25) is 0 Å². The first-order chi connectivity index (χ1) is 4.04. The van der Waals surface area contributed by atoms with Crippen molar-refractivity contribution < 1.29 is 27.6 Å². The smallest absolute Gasteiger partial charge is 0.149 e. The molecule has 64 valence electrons. The second kappa shape index (κ2) is 4.91. The number of halogens is 1. The van der Waals surface area contributed by atoms with Crippen LogP contribution in [0.15, 0.2) is 0 Å². The Morgan fingerprint density at radius 1 is 1.30 bits per heavy atom. The molecule has 0 aromatic rings. The van der Waals surface area contributed by atoms with Crippen LogP contribution in [0.1, 0.15) is 27.2 Å². The molecule has 0 rings (SSSR count). The molecule has 0 amide bonds. The molecule has 0 heterocycles. The minimum atomic E-state index is -0.851. The normalized spacial score (nSPS) is 14.1. The summed E-state index contributed by atoms with van der Waals surface area (Å²) in [4.78, 5) is -0.851. The Balaban J connectivity index is 0. The van der Waals surface area contributed by atoms with Gasteiger partial charge >= 0.3 is 0 Å². The molecule has 1 atom stereocenters. The Hall–Kier alpha value is 0.170. The highest BCUT2D eigenvalue weighted by Gasteiger charge is 2.26. The number of hydroxylamine groups is 4. The van der Waals surface area contributed by atoms with Crippen LogP contribution in [0.3, 0.4) is 0 Å². The van der Waals surface area contributed by atoms with Crippen LogP contribution >= 0.6 is 0 Å². The van der Waals surface area contributed by atoms with Gasteiger partial charge in [0.15, 0.2) is 0 Å². The summed E-state index contributed by atoms with van der Waals surface area (Å²) in [6.45, 7) is 5.82. The van der Waals surface area contributed by atoms with E-state index in [-0.39, 0.29) is 18.4 Å². The summed E-state index contributed by atoms with van der Waals surface area (Å²) < 4.78 is 0. The first kappa shape index (κ1) is 12.8. The summed E-state index contributed by atoms with van der Waals surface area (Å²) in [5, 5.41) is 18.2. The zero-order chi connectivity index (χ0) is 7.49. The Morgan fingerprint density at radius 3 is 1.80 bits per heavy atom. The summed E-state index contributed by atoms with van der Waals surface area (Å²) in [6.07, 6.45) is 0.779. The van der Waals surface area contributed by atoms with E-state index in [4.69, 9.17) is 10.4 Å². The average Bonchev–Trinajstić information content (AvgIpc) is 1.86. The fourth-order valence-corrected chi connectivity index (χ4v) is 0.604. The zero-order valence-electron chi connectivity index (χ0n) is 6.71. The first-order valence-electron chi connectivity index (χ1n) is 3.37. The SMILES string of the molecule is CCC(C)[N+](O)(O)CC.[Cl-]. The minimum Gasteiger partial charge on any atom is -1.00 e. The van der Waals surface area contributed by atoms with E-state index in [1.165, 1.54) is 0 Å². The maximum atomic E-state index is 9.08. The standard InChI is InChI=1S/C6H16NO2.ClH/c1-4-6(3)7(8,9)5-2;/h6,8-9H,4-5H2,1-3H3;1H/q+1;/p-1. The van der Waals surface area contributed by atoms with Crippen LogP contribution in [0.5, 0.6) is 0 Å². The van der Waals surface area contributed by atoms with Crippen molar-refractivity contribution in [1.82, 2.24) is 0 Å². The van der Waals surface area contributed by atoms with Crippen molar-refractivity contribution in [3.05, 3.63) is 0 Å². The Labute approximate surface area is 68.2 Å². The highest BCUT2D eigenvalue weighted by Crippen LogP contribution is 2.06. The molecule has 0 fully saturated rings. The summed E-state index contributed by atoms with van der Waals surface area (Å²) in [7, 11) is 0. The molecule has 0 saturated heterocycles. The van der Waals surface area contributed by atoms with E-state index in [9.17, 15) is 0 Å². The third-order valence-electron chi connectivity index (χ3n) is 1.76. The highest BCUT2D eigenvalue weighted by molar-refractivity contribution is 4.39. The summed E-state index contributed by atoms with van der Waals surface area (Å²) in [6, 6.07) is -0.0880. The minimum absolute atomic E-state index is 0. The van der Waals surface area contributed by atoms with Crippen LogP contribution in [-0.4, -0.2) is 27.8 Å². The monoisotopic (exact) mass is 169 g/mol. The van der Waals surface area contributed by atoms with Crippen molar-refractivity contribution in [1.29, 1.82) is 0 Å². The maximum Gasteiger partial charge on any atom is 0.149 e. The zero-order valence-corrected chi connectivity index (χ0v) is 7.47. The van der Waals surface area contributed by atoms with E-state index in [0.29, 0.717) is 6.54 Å². The lowest BCUT2D eigenvalue weighted by molar-refractivity contribution is -1.26. The molecule has 0 bridgehead atoms. The van der Waals surface area contributed by atoms with Gasteiger partial charge in [-0.25, -0.2) is 0 Å². The largest absolute Gasteiger partial charge is 1.00 e. The molecule has 3 nitrogen and oxygen atoms in total. The van der Waals surface area contributed by atoms with E-state index in [1.807, 2.05) is 13.8 Å². The topological polar surface area (TPSA) is 40.5 Å². The number of rotatable bonds is 3. The summed E-state index contributed by atoms with van der Waals surface area (Å²) in [5.74, 6) is 0. The van der Waals surface area contributed by atoms with Crippen LogP contribution in [0.25, 0.3) is 0 Å². The second-order valence-corrected chi connectivity index (χ2v) is 2.36. The van der Waals surface area contributed by atoms with Gasteiger partial charge in [-0.05, 0) is 18.7 Å². The van der Waals surface area contributed by atoms with Crippen molar-refractivity contribution in [3.63, 3.8) is 0 Å². The van der Waals surface area contributed by atoms with Gasteiger partial charge in [0.25, 0.3) is 0 Å². The molecule has 4 heteroatoms. The van der Waals surface area contributed by atoms with Crippen LogP contribution in [0.4, 0.5) is 0 Å². The molecule has 0 aliphatic heterocycles. The van der Waals surface area contributed by atoms with E-state index in [1.54, 1.807) is 6.92 Å². The van der Waals surface area contributed by atoms with Crippen molar-refractivity contribution in [2.75, 3.05) is 6.54 Å². The maximum absolute atomic E-state index is 9.08. The number of hydrogen-bond donors (Lipinski definition) is 2. The Morgan fingerprint density at radius 2 is 1.70 bits per heavy atom. The van der Waals surface area contributed by atoms with Crippen molar-refractivity contribution >= 4 is 0 Å². The fraction of sp³-hybridized carbons (Fsp3) is 1.00. The lowest BCUT2D eigenvalue weighted by Crippen LogP contribution is -3.00. The number of nitrogens with zero attached hydrogens (tertiary/aromatic N) is 1. The predicted octanol–water partition coefficient (Wildman–Crippen LogP) is -1.60. The van der Waals surface area contributed by atoms with Gasteiger partial charge < -0.3 is 12.4 Å². The van der Waals surface area contributed by atoms with Gasteiger partial charge in [0.05, 0.1) is 0 Å². The van der Waals surface area contributed by atoms with Gasteiger partial charge in [0.1, 0.15) is 12.6 Å². The molecule has 0 aromatic carbocycles. The fourth-order valence-electron chi connectivity index (χ4n) is 0.604. The van der Waals surface area contributed by atoms with Crippen LogP contribution < -0.4 is 12.4 Å². The molecule has 0 aliphatic rings. The third-order valence-corrected chi connectivity index (χ3v) is 1.76. The highest BCUT2D eigenvalue weighted by atomic mass is 35.5. The molecule has 0 aromatic heterocycles. The molecule has 0 radical (unpaired) electrons. The predicted molar refractivity (Wildman–Crippen MR) is 34.1 cm³/mol. The molecule has 1 unspecified atom stereocenters. The van der Waals surface area contributed by atoms with E-state index in [0.717, 1.165) is 6.42 Å². The van der Waals surface area contributed by atoms with E-state index in [2.05, 4.69) is 0 Å². The second-order valence-electron chi connectivity index (χ2n) is 2.36. The van der Waals surface area contributed by atoms with Crippen molar-refractivity contribution in [2.24, 2.45) is 0 Å². The molecule has 0 aliphatic carbocycles. The quantitative estimate of drug-likeness (QED) is 0.395. The van der Waals surface area contributed by atoms with Crippen LogP contribution in [0.2, 0.25) is 0 Å². The Bertz CT molecular complexity index is 87.8. The van der Waals surface area contributed by atoms with Gasteiger partial charge in [0, 0.05) is 6.42 Å². The van der Waals surface area contributed by atoms with Crippen molar-refractivity contribution in [3.8, 4) is 0 Å². The van der Waals surface area contributed by atoms with Gasteiger partial charge in [-0.15, -0.1) is 0 Å². The van der Waals surface area contributed by atoms with Crippen LogP contribution in [-0.2, 0) is 0 Å². The van der Waals surface area contributed by atoms with Crippen LogP contribution in [0, 0.1) is 0 Å². The van der Waals surface area contributed by atoms with Gasteiger partial charge in [-0.2, -0.15) is 10.4 Å². The third kappa shape index (κ3) is 3.37. The molecule has 0 saturated carbocycles. The van der Waals surface area contributed by atoms with E-state index < -0.39 is 4.81 Å². The summed E-state index contributed by atoms with van der Waals surface area (Å²) >= 11 is 0. The number of hydrogen-bond acceptors (Lipinski definition) is 2. The van der Waals surface area contributed by atoms with E-state index >= 15 is 0 Å². The lowest BCUT2D eigenvalue weighted by Gasteiger charge is -2.25. The number of quaternary nitrogens is 1. The molecule has 0 spiro atoms. The van der Waals surface area contributed by atoms with Crippen molar-refractivity contribution in [2.45, 2.75) is 33.2 Å². The molecular weight excluding hydrogens is 154 g/mol. The van der Waals surface area contributed by atoms with Gasteiger partial charge in [-0.1, -0.05) is 6.92 Å². The molecular formula is C6H16ClNO2. The summed E-state index contributed by atoms with van der Waals surface area (Å²) in [5.41, 5.74) is 0. The Kier molecular flexibility index (Phi) is 6.29.